The van der Waals surface area contributed by atoms with E-state index in [1.165, 1.54) is 17.4 Å². The van der Waals surface area contributed by atoms with Crippen LogP contribution in [0.3, 0.4) is 0 Å². The zero-order chi connectivity index (χ0) is 23.4. The summed E-state index contributed by atoms with van der Waals surface area (Å²) in [7, 11) is 0. The maximum atomic E-state index is 12.4. The fraction of sp³-hybridized carbons (Fsp3) is 0.250. The van der Waals surface area contributed by atoms with Crippen molar-refractivity contribution in [3.63, 3.8) is 0 Å². The SMILES string of the molecule is Cc1cc(/C=C/C(=O)Nc2ccc3c(c2)NC(=O)C32CCCC2)n[nH]1.O=C(Cl)c1cccs1. The summed E-state index contributed by atoms with van der Waals surface area (Å²) in [5.41, 5.74) is 3.84. The van der Waals surface area contributed by atoms with Crippen molar-refractivity contribution in [2.24, 2.45) is 0 Å². The number of hydrogen-bond donors (Lipinski definition) is 3. The third-order valence-electron chi connectivity index (χ3n) is 5.79. The molecule has 2 aromatic heterocycles. The van der Waals surface area contributed by atoms with Crippen LogP contribution in [-0.2, 0) is 15.0 Å². The van der Waals surface area contributed by atoms with E-state index in [-0.39, 0.29) is 22.5 Å². The van der Waals surface area contributed by atoms with Gasteiger partial charge in [-0.2, -0.15) is 5.10 Å². The van der Waals surface area contributed by atoms with Crippen LogP contribution in [0.5, 0.6) is 0 Å². The summed E-state index contributed by atoms with van der Waals surface area (Å²) in [6, 6.07) is 11.0. The number of benzene rings is 1. The van der Waals surface area contributed by atoms with Gasteiger partial charge in [0.1, 0.15) is 0 Å². The number of nitrogens with one attached hydrogen (secondary N) is 3. The molecule has 5 rings (SSSR count). The number of nitrogens with zero attached hydrogens (tertiary/aromatic N) is 1. The molecule has 0 saturated heterocycles. The van der Waals surface area contributed by atoms with Gasteiger partial charge in [0.2, 0.25) is 11.8 Å². The second kappa shape index (κ2) is 9.72. The number of H-pyrrole nitrogens is 1. The van der Waals surface area contributed by atoms with Gasteiger partial charge in [0, 0.05) is 23.1 Å². The Kier molecular flexibility index (Phi) is 6.76. The quantitative estimate of drug-likeness (QED) is 0.348. The van der Waals surface area contributed by atoms with Crippen LogP contribution in [0.1, 0.15) is 52.3 Å². The summed E-state index contributed by atoms with van der Waals surface area (Å²) >= 11 is 6.47. The molecule has 2 aliphatic rings. The van der Waals surface area contributed by atoms with Crippen LogP contribution < -0.4 is 10.6 Å². The van der Waals surface area contributed by atoms with Gasteiger partial charge in [-0.3, -0.25) is 19.5 Å². The monoisotopic (exact) mass is 482 g/mol. The minimum Gasteiger partial charge on any atom is -0.325 e. The summed E-state index contributed by atoms with van der Waals surface area (Å²) in [6.07, 6.45) is 7.08. The largest absolute Gasteiger partial charge is 0.325 e. The minimum atomic E-state index is -0.375. The third-order valence-corrected chi connectivity index (χ3v) is 6.97. The van der Waals surface area contributed by atoms with Crippen LogP contribution >= 0.6 is 22.9 Å². The molecule has 0 radical (unpaired) electrons. The lowest BCUT2D eigenvalue weighted by Crippen LogP contribution is -2.30. The van der Waals surface area contributed by atoms with Crippen LogP contribution in [0.15, 0.2) is 47.9 Å². The molecular weight excluding hydrogens is 460 g/mol. The first kappa shape index (κ1) is 22.9. The number of aromatic amines is 1. The van der Waals surface area contributed by atoms with Crippen LogP contribution in [0, 0.1) is 6.92 Å². The van der Waals surface area contributed by atoms with E-state index in [0.29, 0.717) is 16.3 Å². The molecule has 33 heavy (non-hydrogen) atoms. The maximum absolute atomic E-state index is 12.4. The summed E-state index contributed by atoms with van der Waals surface area (Å²) in [5.74, 6) is -0.141. The first-order chi connectivity index (χ1) is 15.9. The second-order valence-electron chi connectivity index (χ2n) is 8.05. The number of halogens is 1. The average Bonchev–Trinajstić information content (AvgIpc) is 3.57. The van der Waals surface area contributed by atoms with Gasteiger partial charge < -0.3 is 10.6 Å². The topological polar surface area (TPSA) is 104 Å². The molecule has 0 bridgehead atoms. The Bertz CT molecular complexity index is 1210. The third kappa shape index (κ3) is 5.07. The van der Waals surface area contributed by atoms with Crippen molar-refractivity contribution in [3.05, 3.63) is 69.7 Å². The lowest BCUT2D eigenvalue weighted by Gasteiger charge is -2.20. The summed E-state index contributed by atoms with van der Waals surface area (Å²) < 4.78 is 0. The Morgan fingerprint density at radius 3 is 2.61 bits per heavy atom. The normalized spacial score (nSPS) is 15.8. The molecule has 3 N–H and O–H groups in total. The highest BCUT2D eigenvalue weighted by molar-refractivity contribution is 7.13. The van der Waals surface area contributed by atoms with Crippen LogP contribution in [0.2, 0.25) is 0 Å². The molecule has 1 aromatic carbocycles. The highest BCUT2D eigenvalue weighted by Crippen LogP contribution is 2.49. The highest BCUT2D eigenvalue weighted by atomic mass is 35.5. The smallest absolute Gasteiger partial charge is 0.262 e. The van der Waals surface area contributed by atoms with E-state index in [2.05, 4.69) is 20.8 Å². The molecule has 1 aliphatic carbocycles. The van der Waals surface area contributed by atoms with Crippen molar-refractivity contribution in [1.29, 1.82) is 0 Å². The van der Waals surface area contributed by atoms with Crippen LogP contribution in [0.25, 0.3) is 6.08 Å². The highest BCUT2D eigenvalue weighted by Gasteiger charge is 2.48. The van der Waals surface area contributed by atoms with E-state index in [1.54, 1.807) is 18.2 Å². The Labute approximate surface area is 200 Å². The van der Waals surface area contributed by atoms with E-state index < -0.39 is 0 Å². The van der Waals surface area contributed by atoms with E-state index >= 15 is 0 Å². The van der Waals surface area contributed by atoms with Gasteiger partial charge in [-0.1, -0.05) is 25.0 Å². The number of amides is 2. The van der Waals surface area contributed by atoms with Gasteiger partial charge >= 0.3 is 0 Å². The van der Waals surface area contributed by atoms with Crippen LogP contribution in [-0.4, -0.2) is 27.3 Å². The first-order valence-electron chi connectivity index (χ1n) is 10.6. The number of aromatic nitrogens is 2. The van der Waals surface area contributed by atoms with E-state index in [4.69, 9.17) is 11.6 Å². The summed E-state index contributed by atoms with van der Waals surface area (Å²) in [4.78, 5) is 35.4. The lowest BCUT2D eigenvalue weighted by atomic mass is 9.80. The number of hydrogen-bond acceptors (Lipinski definition) is 5. The molecule has 3 heterocycles. The number of carbonyl (C=O) groups excluding carboxylic acids is 3. The minimum absolute atomic E-state index is 0.0947. The summed E-state index contributed by atoms with van der Waals surface area (Å²) in [5, 5.41) is 14.1. The van der Waals surface area contributed by atoms with Crippen LogP contribution in [0.4, 0.5) is 11.4 Å². The van der Waals surface area contributed by atoms with E-state index in [9.17, 15) is 14.4 Å². The fourth-order valence-electron chi connectivity index (χ4n) is 4.24. The number of anilines is 2. The molecule has 1 spiro atoms. The zero-order valence-electron chi connectivity index (χ0n) is 18.0. The van der Waals surface area contributed by atoms with E-state index in [1.807, 2.05) is 36.6 Å². The molecule has 9 heteroatoms. The van der Waals surface area contributed by atoms with Gasteiger partial charge in [-0.15, -0.1) is 11.3 Å². The zero-order valence-corrected chi connectivity index (χ0v) is 19.6. The van der Waals surface area contributed by atoms with Crippen molar-refractivity contribution < 1.29 is 14.4 Å². The molecule has 1 aliphatic heterocycles. The number of carbonyl (C=O) groups is 3. The van der Waals surface area contributed by atoms with Gasteiger partial charge in [-0.05, 0) is 72.7 Å². The number of fused-ring (bicyclic) bond motifs is 2. The predicted molar refractivity (Wildman–Crippen MR) is 131 cm³/mol. The molecule has 3 aromatic rings. The molecular formula is C24H23ClN4O3S. The average molecular weight is 483 g/mol. The molecule has 170 valence electrons. The van der Waals surface area contributed by atoms with Crippen molar-refractivity contribution in [2.75, 3.05) is 10.6 Å². The molecule has 1 saturated carbocycles. The maximum Gasteiger partial charge on any atom is 0.262 e. The van der Waals surface area contributed by atoms with Gasteiger partial charge in [0.05, 0.1) is 16.0 Å². The standard InChI is InChI=1S/C19H20N4O2.C5H3ClOS/c1-12-10-14(23-22-12)5-7-17(24)20-13-4-6-15-16(11-13)21-18(25)19(15)8-2-3-9-19;6-5(7)4-2-1-3-8-4/h4-7,10-11H,2-3,8-9H2,1H3,(H,20,24)(H,21,25)(H,22,23);1-3H/b7-5+;. The first-order valence-corrected chi connectivity index (χ1v) is 11.8. The fourth-order valence-corrected chi connectivity index (χ4v) is 4.99. The number of rotatable bonds is 4. The van der Waals surface area contributed by atoms with Crippen molar-refractivity contribution in [2.45, 2.75) is 38.0 Å². The van der Waals surface area contributed by atoms with Gasteiger partial charge in [-0.25, -0.2) is 0 Å². The summed E-state index contributed by atoms with van der Waals surface area (Å²) in [6.45, 7) is 1.90. The predicted octanol–water partition coefficient (Wildman–Crippen LogP) is 5.26. The molecule has 0 unspecified atom stereocenters. The van der Waals surface area contributed by atoms with Crippen molar-refractivity contribution in [3.8, 4) is 0 Å². The Morgan fingerprint density at radius 1 is 1.21 bits per heavy atom. The number of aryl methyl sites for hydroxylation is 1. The van der Waals surface area contributed by atoms with Crippen molar-refractivity contribution >= 4 is 57.4 Å². The van der Waals surface area contributed by atoms with E-state index in [0.717, 1.165) is 42.6 Å². The Hall–Kier alpha value is -3.23. The second-order valence-corrected chi connectivity index (χ2v) is 9.34. The molecule has 2 amide bonds. The molecule has 7 nitrogen and oxygen atoms in total. The Morgan fingerprint density at radius 2 is 2.00 bits per heavy atom. The number of thiophene rings is 1. The molecule has 0 atom stereocenters. The Balaban J connectivity index is 0.000000275. The molecule has 1 fully saturated rings. The van der Waals surface area contributed by atoms with Gasteiger partial charge in [0.25, 0.3) is 5.24 Å². The lowest BCUT2D eigenvalue weighted by molar-refractivity contribution is -0.120. The van der Waals surface area contributed by atoms with Crippen molar-refractivity contribution in [1.82, 2.24) is 10.2 Å². The van der Waals surface area contributed by atoms with Gasteiger partial charge in [0.15, 0.2) is 0 Å².